The number of unbranched alkanes of at least 4 members (excludes halogenated alkanes) is 2. The maximum Gasteiger partial charge on any atom is 0.181 e. The Morgan fingerprint density at radius 1 is 1.13 bits per heavy atom. The van der Waals surface area contributed by atoms with Crippen LogP contribution in [-0.2, 0) is 13.0 Å². The minimum Gasteiger partial charge on any atom is -0.202 e. The van der Waals surface area contributed by atoms with Crippen LogP contribution in [-0.4, -0.2) is 0 Å². The van der Waals surface area contributed by atoms with Crippen molar-refractivity contribution in [1.82, 2.24) is 0 Å². The van der Waals surface area contributed by atoms with E-state index in [9.17, 15) is 0 Å². The molecule has 0 aromatic carbocycles. The fourth-order valence-corrected chi connectivity index (χ4v) is 1.82. The molecule has 0 fully saturated rings. The predicted octanol–water partition coefficient (Wildman–Crippen LogP) is 3.43. The van der Waals surface area contributed by atoms with Gasteiger partial charge in [-0.2, -0.15) is 0 Å². The predicted molar refractivity (Wildman–Crippen MR) is 64.9 cm³/mol. The summed E-state index contributed by atoms with van der Waals surface area (Å²) in [5, 5.41) is 0. The molecule has 0 spiro atoms. The molecule has 15 heavy (non-hydrogen) atoms. The molecule has 84 valence electrons. The summed E-state index contributed by atoms with van der Waals surface area (Å²) in [7, 11) is 0. The van der Waals surface area contributed by atoms with Crippen LogP contribution in [0, 0.1) is 6.92 Å². The maximum absolute atomic E-state index is 2.42. The van der Waals surface area contributed by atoms with E-state index in [1.54, 1.807) is 0 Å². The van der Waals surface area contributed by atoms with E-state index in [1.807, 2.05) is 0 Å². The van der Waals surface area contributed by atoms with Crippen LogP contribution in [0.1, 0.15) is 50.8 Å². The van der Waals surface area contributed by atoms with E-state index in [2.05, 4.69) is 43.7 Å². The first kappa shape index (κ1) is 12.2. The number of pyridine rings is 1. The van der Waals surface area contributed by atoms with Gasteiger partial charge in [-0.1, -0.05) is 26.7 Å². The Hall–Kier alpha value is -0.850. The van der Waals surface area contributed by atoms with Crippen LogP contribution in [0.5, 0.6) is 0 Å². The molecule has 0 saturated carbocycles. The Morgan fingerprint density at radius 3 is 2.53 bits per heavy atom. The molecule has 1 rings (SSSR count). The topological polar surface area (TPSA) is 3.88 Å². The van der Waals surface area contributed by atoms with Crippen LogP contribution < -0.4 is 4.57 Å². The van der Waals surface area contributed by atoms with Gasteiger partial charge in [-0.05, 0) is 18.9 Å². The molecule has 0 unspecified atom stereocenters. The zero-order chi connectivity index (χ0) is 11.1. The number of aryl methyl sites for hydroxylation is 3. The Kier molecular flexibility index (Phi) is 5.38. The van der Waals surface area contributed by atoms with Crippen molar-refractivity contribution in [1.29, 1.82) is 0 Å². The van der Waals surface area contributed by atoms with E-state index in [0.29, 0.717) is 0 Å². The van der Waals surface area contributed by atoms with Gasteiger partial charge in [0.2, 0.25) is 0 Å². The maximum atomic E-state index is 2.42. The van der Waals surface area contributed by atoms with Gasteiger partial charge >= 0.3 is 0 Å². The molecule has 0 amide bonds. The molecule has 1 heterocycles. The fraction of sp³-hybridized carbons (Fsp3) is 0.643. The van der Waals surface area contributed by atoms with Gasteiger partial charge in [0.1, 0.15) is 6.54 Å². The molecule has 0 atom stereocenters. The van der Waals surface area contributed by atoms with Crippen LogP contribution >= 0.6 is 0 Å². The van der Waals surface area contributed by atoms with Crippen LogP contribution in [0.15, 0.2) is 18.3 Å². The summed E-state index contributed by atoms with van der Waals surface area (Å²) in [5.41, 5.74) is 2.89. The van der Waals surface area contributed by atoms with Crippen molar-refractivity contribution in [2.75, 3.05) is 0 Å². The smallest absolute Gasteiger partial charge is 0.181 e. The second kappa shape index (κ2) is 6.60. The molecule has 0 saturated heterocycles. The summed E-state index contributed by atoms with van der Waals surface area (Å²) >= 11 is 0. The minimum absolute atomic E-state index is 1.18. The van der Waals surface area contributed by atoms with Gasteiger partial charge in [-0.3, -0.25) is 0 Å². The van der Waals surface area contributed by atoms with Crippen molar-refractivity contribution in [3.8, 4) is 0 Å². The first-order valence-electron chi connectivity index (χ1n) is 6.27. The molecule has 0 N–H and O–H groups in total. The first-order chi connectivity index (χ1) is 7.27. The molecule has 0 radical (unpaired) electrons. The van der Waals surface area contributed by atoms with E-state index in [-0.39, 0.29) is 0 Å². The van der Waals surface area contributed by atoms with E-state index in [0.717, 1.165) is 0 Å². The van der Waals surface area contributed by atoms with Gasteiger partial charge in [0.15, 0.2) is 11.9 Å². The summed E-state index contributed by atoms with van der Waals surface area (Å²) < 4.78 is 2.42. The highest BCUT2D eigenvalue weighted by molar-refractivity contribution is 5.10. The van der Waals surface area contributed by atoms with Gasteiger partial charge in [-0.15, -0.1) is 0 Å². The minimum atomic E-state index is 1.18. The monoisotopic (exact) mass is 206 g/mol. The lowest BCUT2D eigenvalue weighted by Crippen LogP contribution is -2.38. The third-order valence-electron chi connectivity index (χ3n) is 2.82. The Bertz CT molecular complexity index is 291. The molecule has 1 nitrogen and oxygen atoms in total. The van der Waals surface area contributed by atoms with E-state index >= 15 is 0 Å². The Balaban J connectivity index is 2.73. The molecule has 0 aliphatic rings. The van der Waals surface area contributed by atoms with Crippen LogP contribution in [0.25, 0.3) is 0 Å². The summed E-state index contributed by atoms with van der Waals surface area (Å²) in [5.74, 6) is 0. The van der Waals surface area contributed by atoms with Crippen molar-refractivity contribution >= 4 is 0 Å². The zero-order valence-corrected chi connectivity index (χ0v) is 10.4. The van der Waals surface area contributed by atoms with Crippen LogP contribution in [0.2, 0.25) is 0 Å². The Labute approximate surface area is 94.1 Å². The number of nitrogens with zero attached hydrogens (tertiary/aromatic N) is 1. The highest BCUT2D eigenvalue weighted by Gasteiger charge is 2.09. The third-order valence-corrected chi connectivity index (χ3v) is 2.82. The largest absolute Gasteiger partial charge is 0.202 e. The zero-order valence-electron chi connectivity index (χ0n) is 10.4. The van der Waals surface area contributed by atoms with Crippen molar-refractivity contribution in [3.63, 3.8) is 0 Å². The fourth-order valence-electron chi connectivity index (χ4n) is 1.82. The molecule has 1 heteroatoms. The third kappa shape index (κ3) is 4.03. The number of hydrogen-bond acceptors (Lipinski definition) is 0. The molecule has 0 aliphatic carbocycles. The standard InChI is InChI=1S/C14H24N/c1-4-6-8-14-12-13(3)9-11-15(14)10-7-5-2/h9,11-12H,4-8,10H2,1-3H3/q+1. The van der Waals surface area contributed by atoms with Crippen molar-refractivity contribution in [2.24, 2.45) is 0 Å². The first-order valence-corrected chi connectivity index (χ1v) is 6.27. The highest BCUT2D eigenvalue weighted by Crippen LogP contribution is 2.04. The lowest BCUT2D eigenvalue weighted by atomic mass is 10.1. The summed E-state index contributed by atoms with van der Waals surface area (Å²) in [6.45, 7) is 7.86. The summed E-state index contributed by atoms with van der Waals surface area (Å²) in [6.07, 6.45) is 8.61. The average molecular weight is 206 g/mol. The van der Waals surface area contributed by atoms with Crippen molar-refractivity contribution < 1.29 is 4.57 Å². The molecular weight excluding hydrogens is 182 g/mol. The molecule has 1 aromatic heterocycles. The lowest BCUT2D eigenvalue weighted by Gasteiger charge is -2.04. The van der Waals surface area contributed by atoms with Gasteiger partial charge < -0.3 is 0 Å². The normalized spacial score (nSPS) is 10.6. The summed E-state index contributed by atoms with van der Waals surface area (Å²) in [6, 6.07) is 4.55. The number of rotatable bonds is 6. The molecule has 0 bridgehead atoms. The van der Waals surface area contributed by atoms with Gasteiger partial charge in [0.25, 0.3) is 0 Å². The van der Waals surface area contributed by atoms with E-state index < -0.39 is 0 Å². The van der Waals surface area contributed by atoms with Crippen LogP contribution in [0.4, 0.5) is 0 Å². The number of aromatic nitrogens is 1. The van der Waals surface area contributed by atoms with Gasteiger partial charge in [0.05, 0.1) is 0 Å². The van der Waals surface area contributed by atoms with Gasteiger partial charge in [0, 0.05) is 25.0 Å². The quantitative estimate of drug-likeness (QED) is 0.628. The highest BCUT2D eigenvalue weighted by atomic mass is 14.9. The number of hydrogen-bond donors (Lipinski definition) is 0. The average Bonchev–Trinajstić information content (AvgIpc) is 2.25. The van der Waals surface area contributed by atoms with Crippen molar-refractivity contribution in [3.05, 3.63) is 29.6 Å². The van der Waals surface area contributed by atoms with Crippen molar-refractivity contribution in [2.45, 2.75) is 59.4 Å². The summed E-state index contributed by atoms with van der Waals surface area (Å²) in [4.78, 5) is 0. The van der Waals surface area contributed by atoms with Gasteiger partial charge in [-0.25, -0.2) is 4.57 Å². The Morgan fingerprint density at radius 2 is 1.87 bits per heavy atom. The second-order valence-corrected chi connectivity index (χ2v) is 4.35. The van der Waals surface area contributed by atoms with E-state index in [4.69, 9.17) is 0 Å². The second-order valence-electron chi connectivity index (χ2n) is 4.35. The SMILES string of the molecule is CCCCc1cc(C)cc[n+]1CCCC. The molecular formula is C14H24N+. The molecule has 1 aromatic rings. The lowest BCUT2D eigenvalue weighted by molar-refractivity contribution is -0.704. The molecule has 0 aliphatic heterocycles. The van der Waals surface area contributed by atoms with E-state index in [1.165, 1.54) is 49.9 Å². The van der Waals surface area contributed by atoms with Crippen LogP contribution in [0.3, 0.4) is 0 Å².